The Labute approximate surface area is 182 Å². The Hall–Kier alpha value is -4.19. The first-order chi connectivity index (χ1) is 15.5. The van der Waals surface area contributed by atoms with E-state index in [9.17, 15) is 9.65 Å². The molecule has 3 aromatic rings. The van der Waals surface area contributed by atoms with Crippen molar-refractivity contribution in [3.63, 3.8) is 0 Å². The standard InChI is InChI=1S/C23H16F2N7/c1-12-21-18(13-4-6-27-10-17(13)32-23(12)30(2)11-29-32)14-8-16(24)15(9-26)20(25)19(14)22-28-5-3-7-31(21)22/h3-8,10-11,18,21,23H,1H2,2H3/q+1. The van der Waals surface area contributed by atoms with E-state index < -0.39 is 29.2 Å². The molecular formula is C23H16F2N7+. The molecule has 0 radical (unpaired) electrons. The lowest BCUT2D eigenvalue weighted by molar-refractivity contribution is -0.710. The molecule has 0 saturated carbocycles. The average molecular weight is 428 g/mol. The van der Waals surface area contributed by atoms with Gasteiger partial charge in [0.15, 0.2) is 5.82 Å². The molecule has 32 heavy (non-hydrogen) atoms. The summed E-state index contributed by atoms with van der Waals surface area (Å²) < 4.78 is 32.3. The van der Waals surface area contributed by atoms with Gasteiger partial charge in [-0.25, -0.2) is 18.4 Å². The number of hydrogen-bond donors (Lipinski definition) is 0. The van der Waals surface area contributed by atoms with Crippen molar-refractivity contribution < 1.29 is 13.3 Å². The van der Waals surface area contributed by atoms with Crippen LogP contribution in [0.5, 0.6) is 0 Å². The quantitative estimate of drug-likeness (QED) is 0.407. The maximum absolute atomic E-state index is 15.5. The smallest absolute Gasteiger partial charge is 0.334 e. The minimum Gasteiger partial charge on any atom is -0.339 e. The summed E-state index contributed by atoms with van der Waals surface area (Å²) in [6.45, 7) is 4.41. The van der Waals surface area contributed by atoms with E-state index in [1.807, 2.05) is 33.8 Å². The van der Waals surface area contributed by atoms with Crippen LogP contribution in [0.4, 0.5) is 14.5 Å². The molecule has 0 N–H and O–H groups in total. The van der Waals surface area contributed by atoms with Crippen molar-refractivity contribution in [2.45, 2.75) is 18.1 Å². The number of nitriles is 1. The Morgan fingerprint density at radius 1 is 1.25 bits per heavy atom. The Morgan fingerprint density at radius 2 is 2.09 bits per heavy atom. The van der Waals surface area contributed by atoms with Gasteiger partial charge < -0.3 is 4.90 Å². The topological polar surface area (TPSA) is 72.3 Å². The van der Waals surface area contributed by atoms with E-state index in [0.29, 0.717) is 11.4 Å². The van der Waals surface area contributed by atoms with E-state index in [4.69, 9.17) is 0 Å². The fraction of sp³-hybridized carbons (Fsp3) is 0.174. The average Bonchev–Trinajstić information content (AvgIpc) is 3.14. The van der Waals surface area contributed by atoms with Crippen LogP contribution in [0.2, 0.25) is 0 Å². The van der Waals surface area contributed by atoms with Gasteiger partial charge in [0.05, 0.1) is 24.0 Å². The van der Waals surface area contributed by atoms with Crippen LogP contribution in [0.25, 0.3) is 11.4 Å². The third-order valence-electron chi connectivity index (χ3n) is 6.41. The summed E-state index contributed by atoms with van der Waals surface area (Å²) in [7, 11) is 1.90. The predicted molar refractivity (Wildman–Crippen MR) is 111 cm³/mol. The first kappa shape index (κ1) is 18.6. The predicted octanol–water partition coefficient (Wildman–Crippen LogP) is 2.86. The molecule has 0 aliphatic carbocycles. The number of fused-ring (bicyclic) bond motifs is 10. The first-order valence-electron chi connectivity index (χ1n) is 9.99. The molecule has 0 bridgehead atoms. The van der Waals surface area contributed by atoms with Crippen LogP contribution in [0, 0.1) is 23.0 Å². The van der Waals surface area contributed by atoms with Crippen LogP contribution in [-0.4, -0.2) is 34.4 Å². The number of halogens is 2. The minimum absolute atomic E-state index is 0.124. The van der Waals surface area contributed by atoms with E-state index in [2.05, 4.69) is 21.6 Å². The molecule has 6 rings (SSSR count). The number of rotatable bonds is 0. The Balaban J connectivity index is 1.75. The Bertz CT molecular complexity index is 1390. The van der Waals surface area contributed by atoms with Gasteiger partial charge in [-0.3, -0.25) is 4.98 Å². The summed E-state index contributed by atoms with van der Waals surface area (Å²) in [5.74, 6) is -1.96. The zero-order chi connectivity index (χ0) is 22.1. The van der Waals surface area contributed by atoms with E-state index in [1.165, 1.54) is 6.07 Å². The molecule has 1 aromatic carbocycles. The van der Waals surface area contributed by atoms with E-state index in [-0.39, 0.29) is 11.7 Å². The monoisotopic (exact) mass is 428 g/mol. The van der Waals surface area contributed by atoms with Gasteiger partial charge in [-0.05, 0) is 28.2 Å². The normalized spacial score (nSPS) is 22.3. The first-order valence-corrected chi connectivity index (χ1v) is 9.99. The largest absolute Gasteiger partial charge is 0.339 e. The molecule has 3 aliphatic rings. The van der Waals surface area contributed by atoms with Gasteiger partial charge >= 0.3 is 5.82 Å². The number of nitrogens with zero attached hydrogens (tertiary/aromatic N) is 7. The Kier molecular flexibility index (Phi) is 3.72. The summed E-state index contributed by atoms with van der Waals surface area (Å²) in [6, 6.07) is 6.12. The number of likely N-dealkylation sites (N-methyl/N-ethyl adjacent to an activating group) is 1. The lowest BCUT2D eigenvalue weighted by Crippen LogP contribution is -2.52. The van der Waals surface area contributed by atoms with Gasteiger partial charge in [0, 0.05) is 24.9 Å². The molecule has 5 heterocycles. The number of hydrogen-bond acceptors (Lipinski definition) is 6. The SMILES string of the molecule is C=C1C2N(C)C=NN2c2cnccc2C2c3cc(F)c(C#N)c(F)c3-c3nccc[n+]3C12. The van der Waals surface area contributed by atoms with Gasteiger partial charge in [-0.15, -0.1) is 0 Å². The van der Waals surface area contributed by atoms with Crippen molar-refractivity contribution in [1.82, 2.24) is 14.9 Å². The van der Waals surface area contributed by atoms with Crippen molar-refractivity contribution in [3.8, 4) is 17.5 Å². The summed E-state index contributed by atoms with van der Waals surface area (Å²) in [5.41, 5.74) is 2.26. The number of anilines is 1. The molecule has 156 valence electrons. The fourth-order valence-corrected chi connectivity index (χ4v) is 5.13. The molecule has 2 aromatic heterocycles. The van der Waals surface area contributed by atoms with Crippen LogP contribution in [0.3, 0.4) is 0 Å². The maximum Gasteiger partial charge on any atom is 0.334 e. The maximum atomic E-state index is 15.5. The lowest BCUT2D eigenvalue weighted by atomic mass is 9.76. The molecule has 3 aliphatic heterocycles. The molecule has 0 saturated heterocycles. The van der Waals surface area contributed by atoms with Crippen molar-refractivity contribution >= 4 is 12.0 Å². The molecule has 0 spiro atoms. The molecule has 3 atom stereocenters. The highest BCUT2D eigenvalue weighted by Gasteiger charge is 2.51. The van der Waals surface area contributed by atoms with Crippen LogP contribution in [0.15, 0.2) is 60.2 Å². The number of benzene rings is 1. The summed E-state index contributed by atoms with van der Waals surface area (Å²) in [5, 5.41) is 15.7. The lowest BCUT2D eigenvalue weighted by Gasteiger charge is -2.34. The highest BCUT2D eigenvalue weighted by Crippen LogP contribution is 2.51. The highest BCUT2D eigenvalue weighted by atomic mass is 19.1. The van der Waals surface area contributed by atoms with E-state index >= 15 is 4.39 Å². The molecule has 9 heteroatoms. The summed E-state index contributed by atoms with van der Waals surface area (Å²) in [6.07, 6.45) is 8.14. The number of pyridine rings is 1. The van der Waals surface area contributed by atoms with Crippen molar-refractivity contribution in [1.29, 1.82) is 5.26 Å². The summed E-state index contributed by atoms with van der Waals surface area (Å²) >= 11 is 0. The van der Waals surface area contributed by atoms with Gasteiger partial charge in [0.25, 0.3) is 0 Å². The van der Waals surface area contributed by atoms with Crippen LogP contribution < -0.4 is 9.58 Å². The zero-order valence-corrected chi connectivity index (χ0v) is 16.9. The highest BCUT2D eigenvalue weighted by molar-refractivity contribution is 5.73. The third-order valence-corrected chi connectivity index (χ3v) is 6.41. The minimum atomic E-state index is -0.908. The van der Waals surface area contributed by atoms with Gasteiger partial charge in [0.2, 0.25) is 0 Å². The fourth-order valence-electron chi connectivity index (χ4n) is 5.13. The second kappa shape index (κ2) is 6.40. The molecular weight excluding hydrogens is 412 g/mol. The van der Waals surface area contributed by atoms with Crippen molar-refractivity contribution in [2.24, 2.45) is 5.10 Å². The molecule has 0 fully saturated rings. The number of hydrazone groups is 1. The summed E-state index contributed by atoms with van der Waals surface area (Å²) in [4.78, 5) is 10.6. The molecule has 7 nitrogen and oxygen atoms in total. The van der Waals surface area contributed by atoms with Gasteiger partial charge in [-0.1, -0.05) is 6.58 Å². The van der Waals surface area contributed by atoms with Gasteiger partial charge in [0.1, 0.15) is 47.8 Å². The second-order valence-electron chi connectivity index (χ2n) is 8.02. The van der Waals surface area contributed by atoms with Crippen molar-refractivity contribution in [3.05, 3.63) is 83.5 Å². The molecule has 0 amide bonds. The van der Waals surface area contributed by atoms with E-state index in [1.54, 1.807) is 37.1 Å². The Morgan fingerprint density at radius 3 is 2.91 bits per heavy atom. The third kappa shape index (κ3) is 2.21. The zero-order valence-electron chi connectivity index (χ0n) is 16.9. The number of aromatic nitrogens is 3. The van der Waals surface area contributed by atoms with Crippen LogP contribution in [-0.2, 0) is 0 Å². The van der Waals surface area contributed by atoms with Crippen LogP contribution >= 0.6 is 0 Å². The van der Waals surface area contributed by atoms with Crippen molar-refractivity contribution in [2.75, 3.05) is 12.1 Å². The van der Waals surface area contributed by atoms with Crippen LogP contribution in [0.1, 0.15) is 28.7 Å². The van der Waals surface area contributed by atoms with Gasteiger partial charge in [-0.2, -0.15) is 10.4 Å². The molecule has 3 unspecified atom stereocenters. The second-order valence-corrected chi connectivity index (χ2v) is 8.02. The van der Waals surface area contributed by atoms with E-state index in [0.717, 1.165) is 16.8 Å².